The summed E-state index contributed by atoms with van der Waals surface area (Å²) in [6, 6.07) is 7.47. The van der Waals surface area contributed by atoms with Gasteiger partial charge in [-0.1, -0.05) is 0 Å². The van der Waals surface area contributed by atoms with Gasteiger partial charge in [0.2, 0.25) is 0 Å². The number of rotatable bonds is 5. The molecular formula is C18H18BrF2N3O2. The second-order valence-corrected chi connectivity index (χ2v) is 6.97. The lowest BCUT2D eigenvalue weighted by Crippen LogP contribution is -2.20. The van der Waals surface area contributed by atoms with Crippen LogP contribution in [0.4, 0.5) is 20.3 Å². The molecule has 1 amide bonds. The highest BCUT2D eigenvalue weighted by atomic mass is 79.9. The fraction of sp³-hybridized carbons (Fsp3) is 0.333. The second-order valence-electron chi connectivity index (χ2n) is 6.11. The quantitative estimate of drug-likeness (QED) is 0.754. The van der Waals surface area contributed by atoms with Gasteiger partial charge in [-0.05, 0) is 59.1 Å². The molecule has 0 radical (unpaired) electrons. The zero-order valence-corrected chi connectivity index (χ0v) is 15.7. The number of anilines is 2. The third kappa shape index (κ3) is 4.69. The first kappa shape index (κ1) is 18.6. The zero-order valence-electron chi connectivity index (χ0n) is 14.1. The maximum Gasteiger partial charge on any atom is 0.394 e. The highest BCUT2D eigenvalue weighted by Crippen LogP contribution is 2.28. The van der Waals surface area contributed by atoms with Crippen molar-refractivity contribution in [1.29, 1.82) is 0 Å². The Balaban J connectivity index is 1.67. The van der Waals surface area contributed by atoms with Crippen molar-refractivity contribution in [3.05, 3.63) is 46.6 Å². The fourth-order valence-electron chi connectivity index (χ4n) is 2.73. The van der Waals surface area contributed by atoms with E-state index in [-0.39, 0.29) is 11.7 Å². The number of hydrogen-bond donors (Lipinski definition) is 1. The minimum absolute atomic E-state index is 0.0230. The molecule has 0 spiro atoms. The van der Waals surface area contributed by atoms with E-state index in [2.05, 4.69) is 35.9 Å². The van der Waals surface area contributed by atoms with Crippen molar-refractivity contribution in [2.45, 2.75) is 25.9 Å². The van der Waals surface area contributed by atoms with Crippen LogP contribution in [0.25, 0.3) is 0 Å². The molecule has 0 unspecified atom stereocenters. The maximum atomic E-state index is 12.8. The molecule has 1 saturated heterocycles. The van der Waals surface area contributed by atoms with Crippen molar-refractivity contribution in [1.82, 2.24) is 4.98 Å². The van der Waals surface area contributed by atoms with E-state index >= 15 is 0 Å². The Hall–Kier alpha value is -2.22. The van der Waals surface area contributed by atoms with Crippen LogP contribution >= 0.6 is 15.9 Å². The Morgan fingerprint density at radius 1 is 1.27 bits per heavy atom. The first-order valence-corrected chi connectivity index (χ1v) is 9.00. The van der Waals surface area contributed by atoms with Crippen LogP contribution in [0, 0.1) is 0 Å². The van der Waals surface area contributed by atoms with Gasteiger partial charge in [0, 0.05) is 31.9 Å². The van der Waals surface area contributed by atoms with E-state index in [1.165, 1.54) is 30.5 Å². The summed E-state index contributed by atoms with van der Waals surface area (Å²) >= 11 is 3.48. The number of halogens is 3. The molecular weight excluding hydrogens is 408 g/mol. The molecule has 1 aromatic heterocycles. The number of nitrogens with one attached hydrogen (secondary N) is 1. The third-order valence-electron chi connectivity index (χ3n) is 3.90. The Morgan fingerprint density at radius 3 is 2.50 bits per heavy atom. The Morgan fingerprint density at radius 2 is 1.92 bits per heavy atom. The van der Waals surface area contributed by atoms with Crippen LogP contribution in [0.3, 0.4) is 0 Å². The van der Waals surface area contributed by atoms with Crippen LogP contribution < -0.4 is 15.0 Å². The number of carbonyl (C=O) groups excluding carboxylic acids is 1. The lowest BCUT2D eigenvalue weighted by Gasteiger charge is -2.18. The molecule has 1 aliphatic rings. The van der Waals surface area contributed by atoms with Crippen molar-refractivity contribution in [3.63, 3.8) is 0 Å². The van der Waals surface area contributed by atoms with Crippen molar-refractivity contribution >= 4 is 33.3 Å². The van der Waals surface area contributed by atoms with Gasteiger partial charge in [-0.3, -0.25) is 4.79 Å². The van der Waals surface area contributed by atoms with Crippen molar-refractivity contribution in [2.75, 3.05) is 23.3 Å². The molecule has 2 heterocycles. The van der Waals surface area contributed by atoms with Gasteiger partial charge >= 0.3 is 6.11 Å². The van der Waals surface area contributed by atoms with E-state index in [0.717, 1.165) is 36.2 Å². The van der Waals surface area contributed by atoms with E-state index in [1.54, 1.807) is 6.07 Å². The number of alkyl halides is 2. The summed E-state index contributed by atoms with van der Waals surface area (Å²) in [7, 11) is 0. The maximum absolute atomic E-state index is 12.8. The summed E-state index contributed by atoms with van der Waals surface area (Å²) in [6.07, 6.45) is 0.558. The molecule has 0 aliphatic carbocycles. The van der Waals surface area contributed by atoms with Crippen molar-refractivity contribution < 1.29 is 18.3 Å². The number of ether oxygens (including phenoxy) is 1. The monoisotopic (exact) mass is 425 g/mol. The van der Waals surface area contributed by atoms with E-state index in [1.807, 2.05) is 0 Å². The van der Waals surface area contributed by atoms with Crippen LogP contribution in [-0.2, 0) is 0 Å². The standard InChI is InChI=1S/C18H18BrF2N3O2/c1-18(20,21)26-14-6-4-13(5-7-14)23-17(25)12-10-15(19)16(22-11-12)24-8-2-3-9-24/h4-7,10-11H,2-3,8-9H2,1H3,(H,23,25). The summed E-state index contributed by atoms with van der Waals surface area (Å²) in [5, 5.41) is 2.71. The smallest absolute Gasteiger partial charge is 0.394 e. The van der Waals surface area contributed by atoms with Crippen LogP contribution in [0.5, 0.6) is 5.75 Å². The fourth-order valence-corrected chi connectivity index (χ4v) is 3.33. The average Bonchev–Trinajstić information content (AvgIpc) is 3.09. The normalized spacial score (nSPS) is 14.4. The van der Waals surface area contributed by atoms with Gasteiger partial charge in [0.05, 0.1) is 10.0 Å². The average molecular weight is 426 g/mol. The highest BCUT2D eigenvalue weighted by molar-refractivity contribution is 9.10. The SMILES string of the molecule is CC(F)(F)Oc1ccc(NC(=O)c2cnc(N3CCCC3)c(Br)c2)cc1. The minimum atomic E-state index is -3.25. The van der Waals surface area contributed by atoms with Gasteiger partial charge in [-0.2, -0.15) is 8.78 Å². The molecule has 1 aromatic carbocycles. The molecule has 0 atom stereocenters. The molecule has 138 valence electrons. The van der Waals surface area contributed by atoms with Gasteiger partial charge in [-0.15, -0.1) is 0 Å². The largest absolute Gasteiger partial charge is 0.433 e. The molecule has 26 heavy (non-hydrogen) atoms. The highest BCUT2D eigenvalue weighted by Gasteiger charge is 2.23. The van der Waals surface area contributed by atoms with Crippen molar-refractivity contribution in [2.24, 2.45) is 0 Å². The molecule has 1 fully saturated rings. The summed E-state index contributed by atoms with van der Waals surface area (Å²) < 4.78 is 30.9. The molecule has 0 bridgehead atoms. The van der Waals surface area contributed by atoms with Crippen LogP contribution in [0.15, 0.2) is 41.0 Å². The Kier molecular flexibility index (Phi) is 5.41. The van der Waals surface area contributed by atoms with Gasteiger partial charge in [0.15, 0.2) is 0 Å². The third-order valence-corrected chi connectivity index (χ3v) is 4.48. The number of amides is 1. The number of pyridine rings is 1. The summed E-state index contributed by atoms with van der Waals surface area (Å²) in [5.41, 5.74) is 0.877. The molecule has 2 aromatic rings. The minimum Gasteiger partial charge on any atom is -0.433 e. The Labute approximate surface area is 158 Å². The van der Waals surface area contributed by atoms with Gasteiger partial charge in [0.1, 0.15) is 11.6 Å². The number of benzene rings is 1. The summed E-state index contributed by atoms with van der Waals surface area (Å²) in [4.78, 5) is 18.9. The van der Waals surface area contributed by atoms with Crippen LogP contribution in [0.1, 0.15) is 30.1 Å². The molecule has 5 nitrogen and oxygen atoms in total. The predicted molar refractivity (Wildman–Crippen MR) is 99.0 cm³/mol. The number of aromatic nitrogens is 1. The lowest BCUT2D eigenvalue weighted by atomic mass is 10.2. The van der Waals surface area contributed by atoms with Gasteiger partial charge in [0.25, 0.3) is 5.91 Å². The van der Waals surface area contributed by atoms with E-state index < -0.39 is 6.11 Å². The first-order valence-electron chi connectivity index (χ1n) is 8.20. The van der Waals surface area contributed by atoms with Crippen molar-refractivity contribution in [3.8, 4) is 5.75 Å². The second kappa shape index (κ2) is 7.57. The van der Waals surface area contributed by atoms with Crippen LogP contribution in [0.2, 0.25) is 0 Å². The molecule has 0 saturated carbocycles. The number of hydrogen-bond acceptors (Lipinski definition) is 4. The van der Waals surface area contributed by atoms with E-state index in [4.69, 9.17) is 0 Å². The van der Waals surface area contributed by atoms with Gasteiger partial charge < -0.3 is 15.0 Å². The molecule has 3 rings (SSSR count). The summed E-state index contributed by atoms with van der Waals surface area (Å²) in [6.45, 7) is 2.59. The van der Waals surface area contributed by atoms with Crippen LogP contribution in [-0.4, -0.2) is 30.1 Å². The van der Waals surface area contributed by atoms with E-state index in [0.29, 0.717) is 18.2 Å². The van der Waals surface area contributed by atoms with Gasteiger partial charge in [-0.25, -0.2) is 4.98 Å². The summed E-state index contributed by atoms with van der Waals surface area (Å²) in [5.74, 6) is 0.525. The Bertz CT molecular complexity index is 788. The number of nitrogens with zero attached hydrogens (tertiary/aromatic N) is 2. The lowest BCUT2D eigenvalue weighted by molar-refractivity contribution is -0.158. The predicted octanol–water partition coefficient (Wildman–Crippen LogP) is 4.69. The topological polar surface area (TPSA) is 54.5 Å². The number of carbonyl (C=O) groups is 1. The van der Waals surface area contributed by atoms with E-state index in [9.17, 15) is 13.6 Å². The molecule has 8 heteroatoms. The molecule has 1 aliphatic heterocycles. The zero-order chi connectivity index (χ0) is 18.7. The first-order chi connectivity index (χ1) is 12.3. The molecule has 1 N–H and O–H groups in total.